The summed E-state index contributed by atoms with van der Waals surface area (Å²) >= 11 is 1.55. The van der Waals surface area contributed by atoms with Gasteiger partial charge in [0.25, 0.3) is 0 Å². The first-order chi connectivity index (χ1) is 10.7. The molecule has 0 radical (unpaired) electrons. The summed E-state index contributed by atoms with van der Waals surface area (Å²) in [4.78, 5) is 14.2. The number of aliphatic hydroxyl groups is 1. The molecule has 2 rings (SSSR count). The summed E-state index contributed by atoms with van der Waals surface area (Å²) in [6.07, 6.45) is 3.98. The predicted molar refractivity (Wildman–Crippen MR) is 91.4 cm³/mol. The van der Waals surface area contributed by atoms with Gasteiger partial charge in [0.1, 0.15) is 0 Å². The zero-order valence-electron chi connectivity index (χ0n) is 12.7. The van der Waals surface area contributed by atoms with Crippen LogP contribution in [0, 0.1) is 0 Å². The molecule has 0 amide bonds. The van der Waals surface area contributed by atoms with Crippen LogP contribution in [0.15, 0.2) is 42.5 Å². The second-order valence-electron chi connectivity index (χ2n) is 5.51. The van der Waals surface area contributed by atoms with Crippen molar-refractivity contribution in [2.24, 2.45) is 5.73 Å². The molecule has 3 nitrogen and oxygen atoms in total. The van der Waals surface area contributed by atoms with Crippen molar-refractivity contribution in [3.63, 3.8) is 0 Å². The number of carbonyl (C=O) groups is 1. The summed E-state index contributed by atoms with van der Waals surface area (Å²) in [5.74, 6) is 0.221. The number of nitrogens with two attached hydrogens (primary N) is 1. The Morgan fingerprint density at radius 2 is 1.91 bits per heavy atom. The minimum Gasteiger partial charge on any atom is -0.395 e. The molecule has 22 heavy (non-hydrogen) atoms. The fourth-order valence-electron chi connectivity index (χ4n) is 2.30. The number of thiophene rings is 1. The van der Waals surface area contributed by atoms with Crippen LogP contribution in [0.4, 0.5) is 0 Å². The summed E-state index contributed by atoms with van der Waals surface area (Å²) in [6.45, 7) is 0.0106. The maximum Gasteiger partial charge on any atom is 0.172 e. The van der Waals surface area contributed by atoms with E-state index >= 15 is 0 Å². The number of rotatable bonds is 9. The molecule has 4 heteroatoms. The predicted octanol–water partition coefficient (Wildman–Crippen LogP) is 3.21. The van der Waals surface area contributed by atoms with Crippen molar-refractivity contribution in [2.75, 3.05) is 6.61 Å². The summed E-state index contributed by atoms with van der Waals surface area (Å²) in [5, 5.41) is 8.92. The van der Waals surface area contributed by atoms with Gasteiger partial charge in [-0.05, 0) is 43.4 Å². The van der Waals surface area contributed by atoms with Gasteiger partial charge in [0.2, 0.25) is 0 Å². The Morgan fingerprint density at radius 1 is 1.14 bits per heavy atom. The van der Waals surface area contributed by atoms with Crippen molar-refractivity contribution in [2.45, 2.75) is 38.1 Å². The van der Waals surface area contributed by atoms with Crippen LogP contribution in [-0.2, 0) is 12.8 Å². The summed E-state index contributed by atoms with van der Waals surface area (Å²) in [5.41, 5.74) is 6.97. The average molecular weight is 317 g/mol. The molecule has 1 unspecified atom stereocenters. The molecule has 118 valence electrons. The first-order valence-electron chi connectivity index (χ1n) is 7.71. The van der Waals surface area contributed by atoms with Crippen LogP contribution in [-0.4, -0.2) is 23.5 Å². The van der Waals surface area contributed by atoms with Crippen LogP contribution in [0.25, 0.3) is 0 Å². The van der Waals surface area contributed by atoms with Gasteiger partial charge in [-0.2, -0.15) is 0 Å². The van der Waals surface area contributed by atoms with Gasteiger partial charge in [-0.3, -0.25) is 4.79 Å². The van der Waals surface area contributed by atoms with E-state index in [4.69, 9.17) is 10.8 Å². The van der Waals surface area contributed by atoms with E-state index in [1.54, 1.807) is 11.3 Å². The van der Waals surface area contributed by atoms with Gasteiger partial charge in [-0.1, -0.05) is 30.3 Å². The maximum atomic E-state index is 12.2. The highest BCUT2D eigenvalue weighted by Gasteiger charge is 2.10. The van der Waals surface area contributed by atoms with E-state index < -0.39 is 0 Å². The number of benzene rings is 1. The molecule has 0 aliphatic heterocycles. The van der Waals surface area contributed by atoms with Crippen molar-refractivity contribution < 1.29 is 9.90 Å². The molecule has 1 heterocycles. The number of Topliss-reactive ketones (excluding diaryl/α,β-unsaturated/α-hetero) is 1. The number of aryl methyl sites for hydroxylation is 2. The molecule has 0 saturated heterocycles. The number of aliphatic hydroxyl groups excluding tert-OH is 1. The molecular weight excluding hydrogens is 294 g/mol. The lowest BCUT2D eigenvalue weighted by Crippen LogP contribution is -2.24. The number of carbonyl (C=O) groups excluding carboxylic acids is 1. The van der Waals surface area contributed by atoms with Crippen LogP contribution >= 0.6 is 11.3 Å². The monoisotopic (exact) mass is 317 g/mol. The third kappa shape index (κ3) is 5.37. The standard InChI is InChI=1S/C18H23NO2S/c19-15(13-20)9-10-16-11-12-18(22-16)17(21)8-4-7-14-5-2-1-3-6-14/h1-3,5-6,11-12,15,20H,4,7-10,13,19H2. The minimum absolute atomic E-state index is 0.0106. The second kappa shape index (κ2) is 8.83. The molecule has 0 bridgehead atoms. The largest absolute Gasteiger partial charge is 0.395 e. The molecule has 0 aliphatic carbocycles. The molecule has 0 fully saturated rings. The molecule has 0 aliphatic rings. The van der Waals surface area contributed by atoms with Crippen molar-refractivity contribution in [1.29, 1.82) is 0 Å². The van der Waals surface area contributed by atoms with Crippen molar-refractivity contribution in [3.05, 3.63) is 57.8 Å². The molecule has 3 N–H and O–H groups in total. The van der Waals surface area contributed by atoms with Crippen molar-refractivity contribution >= 4 is 17.1 Å². The van der Waals surface area contributed by atoms with Crippen LogP contribution in [0.3, 0.4) is 0 Å². The van der Waals surface area contributed by atoms with E-state index in [9.17, 15) is 4.79 Å². The van der Waals surface area contributed by atoms with E-state index in [0.29, 0.717) is 6.42 Å². The Kier molecular flexibility index (Phi) is 6.77. The lowest BCUT2D eigenvalue weighted by Gasteiger charge is -2.05. The quantitative estimate of drug-likeness (QED) is 0.698. The van der Waals surface area contributed by atoms with Gasteiger partial charge in [0.05, 0.1) is 11.5 Å². The zero-order valence-corrected chi connectivity index (χ0v) is 13.5. The number of hydrogen-bond donors (Lipinski definition) is 2. The van der Waals surface area contributed by atoms with Crippen molar-refractivity contribution in [1.82, 2.24) is 0 Å². The second-order valence-corrected chi connectivity index (χ2v) is 6.68. The highest BCUT2D eigenvalue weighted by Crippen LogP contribution is 2.21. The van der Waals surface area contributed by atoms with Gasteiger partial charge in [-0.15, -0.1) is 11.3 Å². The molecule has 1 aromatic heterocycles. The first-order valence-corrected chi connectivity index (χ1v) is 8.53. The molecular formula is C18H23NO2S. The lowest BCUT2D eigenvalue weighted by atomic mass is 10.1. The summed E-state index contributed by atoms with van der Waals surface area (Å²) in [6, 6.07) is 14.0. The van der Waals surface area contributed by atoms with E-state index in [1.807, 2.05) is 30.3 Å². The Hall–Kier alpha value is -1.49. The Labute approximate surface area is 135 Å². The van der Waals surface area contributed by atoms with E-state index in [0.717, 1.165) is 35.4 Å². The lowest BCUT2D eigenvalue weighted by molar-refractivity contribution is 0.0984. The van der Waals surface area contributed by atoms with Crippen molar-refractivity contribution in [3.8, 4) is 0 Å². The number of hydrogen-bond acceptors (Lipinski definition) is 4. The Balaban J connectivity index is 1.77. The molecule has 1 atom stereocenters. The Morgan fingerprint density at radius 3 is 2.64 bits per heavy atom. The maximum absolute atomic E-state index is 12.2. The van der Waals surface area contributed by atoms with Gasteiger partial charge in [-0.25, -0.2) is 0 Å². The molecule has 2 aromatic rings. The third-order valence-electron chi connectivity index (χ3n) is 3.64. The van der Waals surface area contributed by atoms with Gasteiger partial charge in [0.15, 0.2) is 5.78 Å². The van der Waals surface area contributed by atoms with Crippen LogP contribution in [0.2, 0.25) is 0 Å². The highest BCUT2D eigenvalue weighted by atomic mass is 32.1. The number of ketones is 1. The smallest absolute Gasteiger partial charge is 0.172 e. The normalized spacial score (nSPS) is 12.3. The van der Waals surface area contributed by atoms with Gasteiger partial charge < -0.3 is 10.8 Å². The van der Waals surface area contributed by atoms with E-state index in [2.05, 4.69) is 12.1 Å². The highest BCUT2D eigenvalue weighted by molar-refractivity contribution is 7.14. The molecule has 0 spiro atoms. The summed E-state index contributed by atoms with van der Waals surface area (Å²) in [7, 11) is 0. The van der Waals surface area contributed by atoms with Gasteiger partial charge >= 0.3 is 0 Å². The van der Waals surface area contributed by atoms with E-state index in [1.165, 1.54) is 5.56 Å². The average Bonchev–Trinajstić information content (AvgIpc) is 3.02. The first kappa shape index (κ1) is 16.9. The SMILES string of the molecule is NC(CO)CCc1ccc(C(=O)CCCc2ccccc2)s1. The fourth-order valence-corrected chi connectivity index (χ4v) is 3.29. The zero-order chi connectivity index (χ0) is 15.8. The molecule has 0 saturated carbocycles. The molecule has 1 aromatic carbocycles. The summed E-state index contributed by atoms with van der Waals surface area (Å²) < 4.78 is 0. The van der Waals surface area contributed by atoms with E-state index in [-0.39, 0.29) is 18.4 Å². The minimum atomic E-state index is -0.174. The topological polar surface area (TPSA) is 63.3 Å². The van der Waals surface area contributed by atoms with Crippen LogP contribution in [0.5, 0.6) is 0 Å². The fraction of sp³-hybridized carbons (Fsp3) is 0.389. The van der Waals surface area contributed by atoms with Crippen LogP contribution < -0.4 is 5.73 Å². The Bertz CT molecular complexity index is 580. The van der Waals surface area contributed by atoms with Crippen LogP contribution in [0.1, 0.15) is 39.4 Å². The third-order valence-corrected chi connectivity index (χ3v) is 4.83. The van der Waals surface area contributed by atoms with Gasteiger partial charge in [0, 0.05) is 17.3 Å².